The second kappa shape index (κ2) is 4.16. The summed E-state index contributed by atoms with van der Waals surface area (Å²) >= 11 is 0. The molecular formula is C15H22O3. The highest BCUT2D eigenvalue weighted by Gasteiger charge is 2.43. The number of benzene rings is 1. The van der Waals surface area contributed by atoms with Gasteiger partial charge in [-0.15, -0.1) is 0 Å². The fourth-order valence-corrected chi connectivity index (χ4v) is 2.97. The van der Waals surface area contributed by atoms with Crippen molar-refractivity contribution < 1.29 is 14.6 Å². The van der Waals surface area contributed by atoms with Crippen molar-refractivity contribution in [3.05, 3.63) is 22.3 Å². The van der Waals surface area contributed by atoms with Gasteiger partial charge < -0.3 is 14.6 Å². The normalized spacial score (nSPS) is 20.5. The van der Waals surface area contributed by atoms with Gasteiger partial charge in [0, 0.05) is 5.56 Å². The second-order valence-electron chi connectivity index (χ2n) is 5.59. The minimum Gasteiger partial charge on any atom is -0.496 e. The van der Waals surface area contributed by atoms with E-state index in [9.17, 15) is 5.11 Å². The van der Waals surface area contributed by atoms with E-state index in [0.29, 0.717) is 0 Å². The predicted molar refractivity (Wildman–Crippen MR) is 71.7 cm³/mol. The fourth-order valence-electron chi connectivity index (χ4n) is 2.97. The Morgan fingerprint density at radius 2 is 1.78 bits per heavy atom. The molecule has 18 heavy (non-hydrogen) atoms. The van der Waals surface area contributed by atoms with E-state index in [0.717, 1.165) is 33.8 Å². The van der Waals surface area contributed by atoms with Gasteiger partial charge in [-0.2, -0.15) is 0 Å². The van der Waals surface area contributed by atoms with Gasteiger partial charge in [0.1, 0.15) is 17.1 Å². The molecule has 0 aliphatic carbocycles. The summed E-state index contributed by atoms with van der Waals surface area (Å²) in [7, 11) is 1.69. The van der Waals surface area contributed by atoms with Crippen LogP contribution >= 0.6 is 0 Å². The molecule has 1 aromatic carbocycles. The zero-order valence-electron chi connectivity index (χ0n) is 12.0. The molecule has 0 saturated carbocycles. The minimum atomic E-state index is -0.370. The molecule has 0 saturated heterocycles. The third-order valence-corrected chi connectivity index (χ3v) is 4.17. The largest absolute Gasteiger partial charge is 0.496 e. The highest BCUT2D eigenvalue weighted by Crippen LogP contribution is 2.51. The predicted octanol–water partition coefficient (Wildman–Crippen LogP) is 2.87. The van der Waals surface area contributed by atoms with E-state index in [1.165, 1.54) is 0 Å². The Labute approximate surface area is 109 Å². The van der Waals surface area contributed by atoms with Crippen molar-refractivity contribution in [2.24, 2.45) is 0 Å². The summed E-state index contributed by atoms with van der Waals surface area (Å²) in [5, 5.41) is 9.68. The van der Waals surface area contributed by atoms with Gasteiger partial charge in [0.05, 0.1) is 19.6 Å². The second-order valence-corrected chi connectivity index (χ2v) is 5.59. The first kappa shape index (κ1) is 13.2. The molecule has 1 aliphatic rings. The highest BCUT2D eigenvalue weighted by molar-refractivity contribution is 5.61. The molecule has 0 radical (unpaired) electrons. The van der Waals surface area contributed by atoms with Crippen LogP contribution < -0.4 is 9.47 Å². The summed E-state index contributed by atoms with van der Waals surface area (Å²) in [5.41, 5.74) is 4.04. The molecule has 1 N–H and O–H groups in total. The van der Waals surface area contributed by atoms with E-state index in [4.69, 9.17) is 9.47 Å². The average Bonchev–Trinajstić information content (AvgIpc) is 2.58. The number of fused-ring (bicyclic) bond motifs is 1. The monoisotopic (exact) mass is 250 g/mol. The number of methoxy groups -OCH3 is 1. The molecule has 0 bridgehead atoms. The Morgan fingerprint density at radius 1 is 1.17 bits per heavy atom. The maximum Gasteiger partial charge on any atom is 0.127 e. The SMILES string of the molecule is COc1c(C)c(C)c2c(c1C)C(CO)C(C)(C)O2. The first-order valence-corrected chi connectivity index (χ1v) is 6.32. The smallest absolute Gasteiger partial charge is 0.127 e. The van der Waals surface area contributed by atoms with Crippen molar-refractivity contribution in [3.63, 3.8) is 0 Å². The molecule has 1 atom stereocenters. The summed E-state index contributed by atoms with van der Waals surface area (Å²) in [6, 6.07) is 0. The number of aliphatic hydroxyl groups excluding tert-OH is 1. The number of rotatable bonds is 2. The lowest BCUT2D eigenvalue weighted by Crippen LogP contribution is -2.32. The van der Waals surface area contributed by atoms with Crippen LogP contribution in [0.5, 0.6) is 11.5 Å². The van der Waals surface area contributed by atoms with Crippen molar-refractivity contribution in [1.29, 1.82) is 0 Å². The average molecular weight is 250 g/mol. The Bertz CT molecular complexity index is 489. The van der Waals surface area contributed by atoms with Crippen LogP contribution in [-0.2, 0) is 0 Å². The minimum absolute atomic E-state index is 0.000648. The van der Waals surface area contributed by atoms with E-state index in [-0.39, 0.29) is 18.1 Å². The van der Waals surface area contributed by atoms with E-state index in [2.05, 4.69) is 0 Å². The topological polar surface area (TPSA) is 38.7 Å². The molecule has 0 spiro atoms. The molecule has 1 aliphatic heterocycles. The summed E-state index contributed by atoms with van der Waals surface area (Å²) in [5.74, 6) is 1.83. The zero-order chi connectivity index (χ0) is 13.7. The maximum absolute atomic E-state index is 9.68. The molecular weight excluding hydrogens is 228 g/mol. The van der Waals surface area contributed by atoms with Gasteiger partial charge in [-0.25, -0.2) is 0 Å². The summed E-state index contributed by atoms with van der Waals surface area (Å²) in [4.78, 5) is 0. The molecule has 2 rings (SSSR count). The van der Waals surface area contributed by atoms with Crippen molar-refractivity contribution in [2.75, 3.05) is 13.7 Å². The van der Waals surface area contributed by atoms with Crippen LogP contribution in [-0.4, -0.2) is 24.4 Å². The van der Waals surface area contributed by atoms with E-state index >= 15 is 0 Å². The molecule has 1 heterocycles. The van der Waals surface area contributed by atoms with Crippen molar-refractivity contribution >= 4 is 0 Å². The maximum atomic E-state index is 9.68. The lowest BCUT2D eigenvalue weighted by molar-refractivity contribution is 0.0808. The van der Waals surface area contributed by atoms with Crippen LogP contribution in [0.3, 0.4) is 0 Å². The van der Waals surface area contributed by atoms with Crippen molar-refractivity contribution in [1.82, 2.24) is 0 Å². The third-order valence-electron chi connectivity index (χ3n) is 4.17. The molecule has 0 aromatic heterocycles. The van der Waals surface area contributed by atoms with Crippen molar-refractivity contribution in [3.8, 4) is 11.5 Å². The Balaban J connectivity index is 2.75. The van der Waals surface area contributed by atoms with Gasteiger partial charge in [-0.05, 0) is 51.3 Å². The van der Waals surface area contributed by atoms with Crippen LogP contribution in [0.4, 0.5) is 0 Å². The van der Waals surface area contributed by atoms with Gasteiger partial charge in [0.2, 0.25) is 0 Å². The van der Waals surface area contributed by atoms with Gasteiger partial charge in [0.15, 0.2) is 0 Å². The molecule has 0 amide bonds. The third kappa shape index (κ3) is 1.61. The van der Waals surface area contributed by atoms with Crippen LogP contribution in [0, 0.1) is 20.8 Å². The van der Waals surface area contributed by atoms with Crippen LogP contribution in [0.15, 0.2) is 0 Å². The van der Waals surface area contributed by atoms with Crippen molar-refractivity contribution in [2.45, 2.75) is 46.1 Å². The lowest BCUT2D eigenvalue weighted by atomic mass is 9.83. The number of ether oxygens (including phenoxy) is 2. The fraction of sp³-hybridized carbons (Fsp3) is 0.600. The number of hydrogen-bond donors (Lipinski definition) is 1. The van der Waals surface area contributed by atoms with Gasteiger partial charge in [0.25, 0.3) is 0 Å². The molecule has 100 valence electrons. The summed E-state index contributed by atoms with van der Waals surface area (Å²) < 4.78 is 11.6. The van der Waals surface area contributed by atoms with E-state index in [1.807, 2.05) is 34.6 Å². The lowest BCUT2D eigenvalue weighted by Gasteiger charge is -2.25. The zero-order valence-corrected chi connectivity index (χ0v) is 12.0. The molecule has 3 nitrogen and oxygen atoms in total. The van der Waals surface area contributed by atoms with Crippen LogP contribution in [0.2, 0.25) is 0 Å². The number of aliphatic hydroxyl groups is 1. The molecule has 1 unspecified atom stereocenters. The quantitative estimate of drug-likeness (QED) is 0.877. The van der Waals surface area contributed by atoms with Gasteiger partial charge >= 0.3 is 0 Å². The Kier molecular flexibility index (Phi) is 3.06. The van der Waals surface area contributed by atoms with Gasteiger partial charge in [-0.3, -0.25) is 0 Å². The number of hydrogen-bond acceptors (Lipinski definition) is 3. The molecule has 0 fully saturated rings. The van der Waals surface area contributed by atoms with E-state index < -0.39 is 0 Å². The van der Waals surface area contributed by atoms with Crippen LogP contribution in [0.1, 0.15) is 42.0 Å². The first-order valence-electron chi connectivity index (χ1n) is 6.32. The van der Waals surface area contributed by atoms with E-state index in [1.54, 1.807) is 7.11 Å². The standard InChI is InChI=1S/C15H22O3/c1-8-9(2)14-12(10(3)13(8)17-6)11(7-16)15(4,5)18-14/h11,16H,7H2,1-6H3. The highest BCUT2D eigenvalue weighted by atomic mass is 16.5. The summed E-state index contributed by atoms with van der Waals surface area (Å²) in [6.45, 7) is 10.3. The Morgan fingerprint density at radius 3 is 2.28 bits per heavy atom. The Hall–Kier alpha value is -1.22. The molecule has 1 aromatic rings. The molecule has 3 heteroatoms. The first-order chi connectivity index (χ1) is 8.35. The van der Waals surface area contributed by atoms with Crippen LogP contribution in [0.25, 0.3) is 0 Å². The van der Waals surface area contributed by atoms with Gasteiger partial charge in [-0.1, -0.05) is 0 Å². The summed E-state index contributed by atoms with van der Waals surface area (Å²) in [6.07, 6.45) is 0.